The average molecular weight is 812 g/mol. The van der Waals surface area contributed by atoms with Crippen LogP contribution in [0.3, 0.4) is 0 Å². The molecule has 1 aromatic rings. The lowest BCUT2D eigenvalue weighted by Crippen LogP contribution is -2.52. The zero-order valence-electron chi connectivity index (χ0n) is 38.1. The number of carbonyl (C=O) groups is 3. The normalized spacial score (nSPS) is 14.9. The number of piperidine rings is 1. The first-order valence-corrected chi connectivity index (χ1v) is 24.5. The molecule has 1 aromatic carbocycles. The minimum Gasteiger partial charge on any atom is -0.497 e. The highest BCUT2D eigenvalue weighted by Crippen LogP contribution is 2.21. The zero-order valence-corrected chi connectivity index (χ0v) is 38.1. The smallest absolute Gasteiger partial charge is 0.306 e. The summed E-state index contributed by atoms with van der Waals surface area (Å²) < 4.78 is 10.9. The van der Waals surface area contributed by atoms with Gasteiger partial charge in [-0.15, -0.1) is 0 Å². The van der Waals surface area contributed by atoms with Gasteiger partial charge in [0.05, 0.1) is 7.11 Å². The maximum Gasteiger partial charge on any atom is 0.306 e. The molecule has 0 aliphatic carbocycles. The van der Waals surface area contributed by atoms with E-state index < -0.39 is 6.04 Å². The fourth-order valence-corrected chi connectivity index (χ4v) is 8.62. The number of methoxy groups -OCH3 is 1. The summed E-state index contributed by atoms with van der Waals surface area (Å²) in [6, 6.07) is 7.93. The van der Waals surface area contributed by atoms with Crippen LogP contribution >= 0.6 is 0 Å². The molecule has 1 N–H and O–H groups in total. The number of nitrogens with zero attached hydrogens (tertiary/aromatic N) is 2. The first-order valence-electron chi connectivity index (χ1n) is 24.5. The van der Waals surface area contributed by atoms with Crippen LogP contribution in [-0.2, 0) is 25.5 Å². The number of hydrogen-bond acceptors (Lipinski definition) is 6. The largest absolute Gasteiger partial charge is 0.497 e. The monoisotopic (exact) mass is 812 g/mol. The maximum absolute atomic E-state index is 14.1. The summed E-state index contributed by atoms with van der Waals surface area (Å²) in [5.41, 5.74) is 1.12. The minimum absolute atomic E-state index is 0.107. The number of carbonyl (C=O) groups excluding carboxylic acids is 3. The van der Waals surface area contributed by atoms with Crippen LogP contribution < -0.4 is 10.1 Å². The molecule has 2 rings (SSSR count). The highest BCUT2D eigenvalue weighted by molar-refractivity contribution is 5.88. The molecule has 8 heteroatoms. The highest BCUT2D eigenvalue weighted by atomic mass is 16.5. The molecule has 2 amide bonds. The van der Waals surface area contributed by atoms with Gasteiger partial charge in [0.15, 0.2) is 6.61 Å². The van der Waals surface area contributed by atoms with Gasteiger partial charge in [0.2, 0.25) is 5.91 Å². The SMILES string of the molecule is CCCCCCCCCCCCCCCC(=O)OCC(=O)N(CCCN1CCCCC1CC)C(CCCCCCCCCCC)C(=O)NCCc1ccc(OC)cc1. The number of ether oxygens (including phenoxy) is 2. The van der Waals surface area contributed by atoms with Gasteiger partial charge in [-0.1, -0.05) is 174 Å². The summed E-state index contributed by atoms with van der Waals surface area (Å²) in [5, 5.41) is 3.18. The molecule has 0 spiro atoms. The Morgan fingerprint density at radius 2 is 1.28 bits per heavy atom. The number of likely N-dealkylation sites (tertiary alicyclic amines) is 1. The van der Waals surface area contributed by atoms with Crippen molar-refractivity contribution in [1.82, 2.24) is 15.1 Å². The third-order valence-corrected chi connectivity index (χ3v) is 12.4. The Morgan fingerprint density at radius 3 is 1.83 bits per heavy atom. The summed E-state index contributed by atoms with van der Waals surface area (Å²) in [7, 11) is 1.66. The fraction of sp³-hybridized carbons (Fsp3) is 0.820. The van der Waals surface area contributed by atoms with E-state index in [1.54, 1.807) is 12.0 Å². The molecule has 1 fully saturated rings. The lowest BCUT2D eigenvalue weighted by Gasteiger charge is -2.36. The lowest BCUT2D eigenvalue weighted by atomic mass is 9.99. The van der Waals surface area contributed by atoms with Crippen LogP contribution in [0, 0.1) is 0 Å². The Balaban J connectivity index is 1.96. The van der Waals surface area contributed by atoms with Gasteiger partial charge in [-0.2, -0.15) is 0 Å². The molecular formula is C50H89N3O5. The topological polar surface area (TPSA) is 88.2 Å². The third kappa shape index (κ3) is 24.5. The number of esters is 1. The maximum atomic E-state index is 14.1. The van der Waals surface area contributed by atoms with Crippen molar-refractivity contribution in [2.75, 3.05) is 39.9 Å². The molecular weight excluding hydrogens is 723 g/mol. The Kier molecular flexibility index (Phi) is 31.3. The van der Waals surface area contributed by atoms with E-state index in [4.69, 9.17) is 9.47 Å². The first kappa shape index (κ1) is 51.5. The number of rotatable bonds is 37. The third-order valence-electron chi connectivity index (χ3n) is 12.4. The number of benzene rings is 1. The molecule has 58 heavy (non-hydrogen) atoms. The van der Waals surface area contributed by atoms with Crippen molar-refractivity contribution in [2.45, 2.75) is 225 Å². The quantitative estimate of drug-likeness (QED) is 0.0532. The number of hydrogen-bond donors (Lipinski definition) is 1. The van der Waals surface area contributed by atoms with Crippen molar-refractivity contribution >= 4 is 17.8 Å². The van der Waals surface area contributed by atoms with Crippen LogP contribution in [-0.4, -0.2) is 79.6 Å². The number of unbranched alkanes of at least 4 members (excludes halogenated alkanes) is 20. The van der Waals surface area contributed by atoms with Crippen molar-refractivity contribution in [2.24, 2.45) is 0 Å². The van der Waals surface area contributed by atoms with Crippen LogP contribution in [0.2, 0.25) is 0 Å². The molecule has 1 heterocycles. The average Bonchev–Trinajstić information content (AvgIpc) is 3.24. The van der Waals surface area contributed by atoms with Crippen molar-refractivity contribution < 1.29 is 23.9 Å². The van der Waals surface area contributed by atoms with Crippen LogP contribution in [0.15, 0.2) is 24.3 Å². The second kappa shape index (κ2) is 35.2. The second-order valence-electron chi connectivity index (χ2n) is 17.2. The van der Waals surface area contributed by atoms with Gasteiger partial charge >= 0.3 is 5.97 Å². The molecule has 0 aromatic heterocycles. The summed E-state index contributed by atoms with van der Waals surface area (Å²) in [5.74, 6) is 0.137. The van der Waals surface area contributed by atoms with Crippen molar-refractivity contribution in [1.29, 1.82) is 0 Å². The molecule has 8 nitrogen and oxygen atoms in total. The van der Waals surface area contributed by atoms with E-state index in [0.717, 1.165) is 75.8 Å². The number of amides is 2. The number of nitrogens with one attached hydrogen (secondary N) is 1. The molecule has 1 saturated heterocycles. The van der Waals surface area contributed by atoms with Crippen LogP contribution in [0.5, 0.6) is 5.75 Å². The summed E-state index contributed by atoms with van der Waals surface area (Å²) in [6.07, 6.45) is 34.3. The predicted molar refractivity (Wildman–Crippen MR) is 242 cm³/mol. The van der Waals surface area contributed by atoms with Gasteiger partial charge in [0.1, 0.15) is 11.8 Å². The van der Waals surface area contributed by atoms with Crippen molar-refractivity contribution in [3.8, 4) is 5.75 Å². The van der Waals surface area contributed by atoms with Gasteiger partial charge in [-0.3, -0.25) is 14.4 Å². The first-order chi connectivity index (χ1) is 28.4. The summed E-state index contributed by atoms with van der Waals surface area (Å²) >= 11 is 0. The van der Waals surface area contributed by atoms with E-state index >= 15 is 0 Å². The second-order valence-corrected chi connectivity index (χ2v) is 17.2. The molecule has 0 bridgehead atoms. The molecule has 0 saturated carbocycles. The zero-order chi connectivity index (χ0) is 41.9. The Morgan fingerprint density at radius 1 is 0.724 bits per heavy atom. The van der Waals surface area contributed by atoms with Crippen LogP contribution in [0.25, 0.3) is 0 Å². The fourth-order valence-electron chi connectivity index (χ4n) is 8.62. The van der Waals surface area contributed by atoms with E-state index in [1.165, 1.54) is 122 Å². The van der Waals surface area contributed by atoms with Gasteiger partial charge in [0.25, 0.3) is 5.91 Å². The van der Waals surface area contributed by atoms with Crippen LogP contribution in [0.1, 0.15) is 213 Å². The minimum atomic E-state index is -0.587. The molecule has 1 aliphatic heterocycles. The Bertz CT molecular complexity index is 1160. The van der Waals surface area contributed by atoms with Gasteiger partial charge in [0, 0.05) is 32.1 Å². The predicted octanol–water partition coefficient (Wildman–Crippen LogP) is 12.2. The summed E-state index contributed by atoms with van der Waals surface area (Å²) in [6.45, 7) is 9.46. The van der Waals surface area contributed by atoms with Gasteiger partial charge in [-0.25, -0.2) is 0 Å². The van der Waals surface area contributed by atoms with E-state index in [9.17, 15) is 14.4 Å². The lowest BCUT2D eigenvalue weighted by molar-refractivity contribution is -0.154. The molecule has 2 atom stereocenters. The van der Waals surface area contributed by atoms with E-state index in [1.807, 2.05) is 24.3 Å². The van der Waals surface area contributed by atoms with Gasteiger partial charge < -0.3 is 24.6 Å². The molecule has 334 valence electrons. The van der Waals surface area contributed by atoms with E-state index in [2.05, 4.69) is 31.0 Å². The molecule has 1 aliphatic rings. The molecule has 0 radical (unpaired) electrons. The standard InChI is InChI=1S/C50H89N3O5/c1-5-8-10-12-14-16-17-18-19-21-23-25-27-33-49(55)58-43-48(54)53(42-30-41-52-40-29-28-31-45(52)7-3)47(32-26-24-22-20-15-13-11-9-6-2)50(56)51-39-38-44-34-36-46(57-4)37-35-44/h34-37,45,47H,5-33,38-43H2,1-4H3,(H,51,56). The van der Waals surface area contributed by atoms with Crippen LogP contribution in [0.4, 0.5) is 0 Å². The van der Waals surface area contributed by atoms with Crippen molar-refractivity contribution in [3.63, 3.8) is 0 Å². The van der Waals surface area contributed by atoms with E-state index in [0.29, 0.717) is 38.4 Å². The Labute approximate surface area is 356 Å². The van der Waals surface area contributed by atoms with E-state index in [-0.39, 0.29) is 24.4 Å². The summed E-state index contributed by atoms with van der Waals surface area (Å²) in [4.78, 5) is 45.3. The van der Waals surface area contributed by atoms with Gasteiger partial charge in [-0.05, 0) is 69.2 Å². The Hall–Kier alpha value is -2.61. The molecule has 2 unspecified atom stereocenters. The van der Waals surface area contributed by atoms with Crippen molar-refractivity contribution in [3.05, 3.63) is 29.8 Å². The highest BCUT2D eigenvalue weighted by Gasteiger charge is 2.30.